The van der Waals surface area contributed by atoms with Gasteiger partial charge in [0.1, 0.15) is 5.69 Å². The second-order valence-corrected chi connectivity index (χ2v) is 5.30. The molecule has 0 aliphatic carbocycles. The van der Waals surface area contributed by atoms with E-state index < -0.39 is 0 Å². The van der Waals surface area contributed by atoms with Crippen molar-refractivity contribution in [3.63, 3.8) is 0 Å². The molecule has 1 N–H and O–H groups in total. The van der Waals surface area contributed by atoms with Crippen molar-refractivity contribution >= 4 is 23.2 Å². The Morgan fingerprint density at radius 3 is 2.86 bits per heavy atom. The lowest BCUT2D eigenvalue weighted by atomic mass is 10.1. The van der Waals surface area contributed by atoms with E-state index in [1.807, 2.05) is 24.3 Å². The molecule has 0 aliphatic heterocycles. The average molecular weight is 314 g/mol. The fourth-order valence-electron chi connectivity index (χ4n) is 1.81. The van der Waals surface area contributed by atoms with Crippen molar-refractivity contribution in [3.05, 3.63) is 51.5 Å². The summed E-state index contributed by atoms with van der Waals surface area (Å²) in [6.07, 6.45) is 5.43. The number of rotatable bonds is 5. The Morgan fingerprint density at radius 2 is 2.18 bits per heavy atom. The maximum absolute atomic E-state index is 11.9. The molecular formula is C16H14N2O3S. The Balaban J connectivity index is 1.96. The first-order chi connectivity index (χ1) is 10.6. The topological polar surface area (TPSA) is 68.3 Å². The molecule has 0 saturated carbocycles. The quantitative estimate of drug-likeness (QED) is 0.674. The molecule has 1 amide bonds. The van der Waals surface area contributed by atoms with Crippen LogP contribution >= 0.6 is 11.3 Å². The minimum Gasteiger partial charge on any atom is -0.469 e. The van der Waals surface area contributed by atoms with Gasteiger partial charge in [-0.05, 0) is 17.0 Å². The van der Waals surface area contributed by atoms with Gasteiger partial charge in [-0.2, -0.15) is 0 Å². The standard InChI is InChI=1S/C16H14N2O3S/c1-3-14-18-13(10-22-14)16(20)17-9-12-6-4-5-11(7-12)8-15(19)21-2/h1,4-7,10H,8-9H2,2H3,(H,17,20). The average Bonchev–Trinajstić information content (AvgIpc) is 3.02. The second-order valence-electron chi connectivity index (χ2n) is 4.44. The first-order valence-corrected chi connectivity index (χ1v) is 7.35. The van der Waals surface area contributed by atoms with Gasteiger partial charge in [-0.1, -0.05) is 24.3 Å². The van der Waals surface area contributed by atoms with Crippen molar-refractivity contribution in [3.8, 4) is 12.3 Å². The van der Waals surface area contributed by atoms with E-state index in [2.05, 4.69) is 21.0 Å². The first-order valence-electron chi connectivity index (χ1n) is 6.47. The molecule has 1 aromatic carbocycles. The minimum atomic E-state index is -0.300. The van der Waals surface area contributed by atoms with E-state index in [0.717, 1.165) is 11.1 Å². The third kappa shape index (κ3) is 4.17. The Kier molecular flexibility index (Phi) is 5.28. The molecule has 112 valence electrons. The number of methoxy groups -OCH3 is 1. The van der Waals surface area contributed by atoms with E-state index >= 15 is 0 Å². The summed E-state index contributed by atoms with van der Waals surface area (Å²) in [6, 6.07) is 7.39. The molecule has 0 radical (unpaired) electrons. The SMILES string of the molecule is C#Cc1nc(C(=O)NCc2cccc(CC(=O)OC)c2)cs1. The van der Waals surface area contributed by atoms with E-state index in [4.69, 9.17) is 6.42 Å². The number of thiazole rings is 1. The summed E-state index contributed by atoms with van der Waals surface area (Å²) in [5.74, 6) is 1.81. The Morgan fingerprint density at radius 1 is 1.41 bits per heavy atom. The Hall–Kier alpha value is -2.65. The number of hydrogen-bond acceptors (Lipinski definition) is 5. The van der Waals surface area contributed by atoms with Crippen LogP contribution in [0.2, 0.25) is 0 Å². The van der Waals surface area contributed by atoms with Gasteiger partial charge in [0.25, 0.3) is 5.91 Å². The second kappa shape index (κ2) is 7.38. The predicted octanol–water partition coefficient (Wildman–Crippen LogP) is 1.77. The van der Waals surface area contributed by atoms with Crippen molar-refractivity contribution in [1.82, 2.24) is 10.3 Å². The van der Waals surface area contributed by atoms with Crippen LogP contribution in [0, 0.1) is 12.3 Å². The maximum Gasteiger partial charge on any atom is 0.309 e. The van der Waals surface area contributed by atoms with E-state index in [0.29, 0.717) is 17.2 Å². The molecule has 0 bridgehead atoms. The predicted molar refractivity (Wildman–Crippen MR) is 83.4 cm³/mol. The number of carbonyl (C=O) groups excluding carboxylic acids is 2. The zero-order valence-corrected chi connectivity index (χ0v) is 12.8. The summed E-state index contributed by atoms with van der Waals surface area (Å²) in [5.41, 5.74) is 2.03. The molecule has 2 rings (SSSR count). The maximum atomic E-state index is 11.9. The molecule has 0 aliphatic rings. The minimum absolute atomic E-state index is 0.204. The molecule has 0 saturated heterocycles. The highest BCUT2D eigenvalue weighted by Gasteiger charge is 2.10. The smallest absolute Gasteiger partial charge is 0.309 e. The van der Waals surface area contributed by atoms with Gasteiger partial charge in [-0.15, -0.1) is 17.8 Å². The Bertz CT molecular complexity index is 731. The van der Waals surface area contributed by atoms with Crippen molar-refractivity contribution in [2.24, 2.45) is 0 Å². The number of nitrogens with zero attached hydrogens (tertiary/aromatic N) is 1. The molecule has 22 heavy (non-hydrogen) atoms. The summed E-state index contributed by atoms with van der Waals surface area (Å²) in [6.45, 7) is 0.344. The van der Waals surface area contributed by atoms with Crippen LogP contribution in [-0.2, 0) is 22.5 Å². The fourth-order valence-corrected chi connectivity index (χ4v) is 2.41. The molecule has 0 spiro atoms. The van der Waals surface area contributed by atoms with Crippen LogP contribution in [0.3, 0.4) is 0 Å². The van der Waals surface area contributed by atoms with Gasteiger partial charge < -0.3 is 10.1 Å². The number of benzene rings is 1. The molecule has 0 fully saturated rings. The van der Waals surface area contributed by atoms with Crippen molar-refractivity contribution in [1.29, 1.82) is 0 Å². The van der Waals surface area contributed by atoms with Gasteiger partial charge in [0.05, 0.1) is 13.5 Å². The molecule has 2 aromatic rings. The normalized spacial score (nSPS) is 9.82. The lowest BCUT2D eigenvalue weighted by Gasteiger charge is -2.06. The van der Waals surface area contributed by atoms with Crippen LogP contribution < -0.4 is 5.32 Å². The summed E-state index contributed by atoms with van der Waals surface area (Å²) >= 11 is 1.25. The first kappa shape index (κ1) is 15.7. The van der Waals surface area contributed by atoms with Crippen LogP contribution in [0.1, 0.15) is 26.6 Å². The van der Waals surface area contributed by atoms with Gasteiger partial charge in [0.15, 0.2) is 5.01 Å². The van der Waals surface area contributed by atoms with Crippen LogP contribution in [-0.4, -0.2) is 24.0 Å². The number of ether oxygens (including phenoxy) is 1. The highest BCUT2D eigenvalue weighted by molar-refractivity contribution is 7.10. The number of hydrogen-bond donors (Lipinski definition) is 1. The monoisotopic (exact) mass is 314 g/mol. The van der Waals surface area contributed by atoms with Gasteiger partial charge in [0.2, 0.25) is 0 Å². The molecule has 0 atom stereocenters. The van der Waals surface area contributed by atoms with Gasteiger partial charge in [0, 0.05) is 11.9 Å². The van der Waals surface area contributed by atoms with E-state index in [9.17, 15) is 9.59 Å². The number of nitrogens with one attached hydrogen (secondary N) is 1. The molecule has 1 heterocycles. The van der Waals surface area contributed by atoms with E-state index in [1.165, 1.54) is 18.4 Å². The fraction of sp³-hybridized carbons (Fsp3) is 0.188. The van der Waals surface area contributed by atoms with Crippen molar-refractivity contribution < 1.29 is 14.3 Å². The molecule has 0 unspecified atom stereocenters. The zero-order valence-electron chi connectivity index (χ0n) is 12.0. The molecule has 1 aromatic heterocycles. The number of terminal acetylenes is 1. The lowest BCUT2D eigenvalue weighted by molar-refractivity contribution is -0.139. The number of carbonyl (C=O) groups is 2. The number of amides is 1. The van der Waals surface area contributed by atoms with Crippen LogP contribution in [0.25, 0.3) is 0 Å². The summed E-state index contributed by atoms with van der Waals surface area (Å²) in [4.78, 5) is 27.2. The third-order valence-electron chi connectivity index (χ3n) is 2.88. The summed E-state index contributed by atoms with van der Waals surface area (Å²) < 4.78 is 4.63. The summed E-state index contributed by atoms with van der Waals surface area (Å²) in [5, 5.41) is 4.87. The van der Waals surface area contributed by atoms with Crippen LogP contribution in [0.5, 0.6) is 0 Å². The number of esters is 1. The van der Waals surface area contributed by atoms with Gasteiger partial charge in [-0.3, -0.25) is 9.59 Å². The van der Waals surface area contributed by atoms with E-state index in [-0.39, 0.29) is 18.3 Å². The van der Waals surface area contributed by atoms with E-state index in [1.54, 1.807) is 5.38 Å². The van der Waals surface area contributed by atoms with Crippen molar-refractivity contribution in [2.45, 2.75) is 13.0 Å². The lowest BCUT2D eigenvalue weighted by Crippen LogP contribution is -2.23. The largest absolute Gasteiger partial charge is 0.469 e. The summed E-state index contributed by atoms with van der Waals surface area (Å²) in [7, 11) is 1.35. The van der Waals surface area contributed by atoms with Crippen LogP contribution in [0.15, 0.2) is 29.6 Å². The molecule has 5 nitrogen and oxygen atoms in total. The molecule has 6 heteroatoms. The van der Waals surface area contributed by atoms with Crippen LogP contribution in [0.4, 0.5) is 0 Å². The third-order valence-corrected chi connectivity index (χ3v) is 3.65. The zero-order chi connectivity index (χ0) is 15.9. The molecular weight excluding hydrogens is 300 g/mol. The highest BCUT2D eigenvalue weighted by Crippen LogP contribution is 2.09. The van der Waals surface area contributed by atoms with Gasteiger partial charge >= 0.3 is 5.97 Å². The highest BCUT2D eigenvalue weighted by atomic mass is 32.1. The number of aromatic nitrogens is 1. The van der Waals surface area contributed by atoms with Crippen molar-refractivity contribution in [2.75, 3.05) is 7.11 Å². The Labute approximate surface area is 132 Å². The van der Waals surface area contributed by atoms with Gasteiger partial charge in [-0.25, -0.2) is 4.98 Å².